The molecule has 0 heterocycles. The molecular formula is C17H28O2SSi. The lowest BCUT2D eigenvalue weighted by molar-refractivity contribution is -0.117. The number of thioether (sulfide) groups is 1. The van der Waals surface area contributed by atoms with Crippen LogP contribution in [-0.2, 0) is 4.79 Å². The van der Waals surface area contributed by atoms with Crippen molar-refractivity contribution in [3.63, 3.8) is 0 Å². The van der Waals surface area contributed by atoms with E-state index < -0.39 is 20.1 Å². The molecule has 0 spiro atoms. The summed E-state index contributed by atoms with van der Waals surface area (Å²) in [6, 6.07) is 8.01. The third-order valence-corrected chi connectivity index (χ3v) is 6.60. The van der Waals surface area contributed by atoms with Gasteiger partial charge in [0.1, 0.15) is 0 Å². The first-order valence-electron chi connectivity index (χ1n) is 7.44. The standard InChI is InChI=1S/C17H28O2SSi/c1-12(16(19)20-17(2,3)4)15(18)13-10-8-9-11-14(13)21(5,6)7/h8-12,15,18H,1-7H3/t12-,15-/m0/s1. The highest BCUT2D eigenvalue weighted by Crippen LogP contribution is 2.32. The second-order valence-corrected chi connectivity index (χ2v) is 14.5. The molecule has 1 rings (SSSR count). The SMILES string of the molecule is C[C@H](C(=O)SC(C)(C)C)[C@H](O)c1ccccc1[Si](C)(C)C. The minimum Gasteiger partial charge on any atom is -0.388 e. The fourth-order valence-electron chi connectivity index (χ4n) is 2.23. The molecule has 0 radical (unpaired) electrons. The van der Waals surface area contributed by atoms with E-state index in [2.05, 4.69) is 25.7 Å². The molecule has 1 aromatic rings. The predicted molar refractivity (Wildman–Crippen MR) is 95.9 cm³/mol. The number of hydrogen-bond donors (Lipinski definition) is 1. The zero-order chi connectivity index (χ0) is 16.4. The normalized spacial score (nSPS) is 15.6. The molecule has 0 bridgehead atoms. The first-order valence-corrected chi connectivity index (χ1v) is 11.8. The number of aliphatic hydroxyl groups excluding tert-OH is 1. The van der Waals surface area contributed by atoms with Crippen LogP contribution in [0, 0.1) is 5.92 Å². The lowest BCUT2D eigenvalue weighted by Gasteiger charge is -2.27. The largest absolute Gasteiger partial charge is 0.388 e. The van der Waals surface area contributed by atoms with Crippen LogP contribution in [0.15, 0.2) is 24.3 Å². The van der Waals surface area contributed by atoms with Crippen molar-refractivity contribution in [3.05, 3.63) is 29.8 Å². The van der Waals surface area contributed by atoms with Crippen molar-refractivity contribution in [3.8, 4) is 0 Å². The summed E-state index contributed by atoms with van der Waals surface area (Å²) in [5.41, 5.74) is 0.923. The Kier molecular flexibility index (Phi) is 5.87. The summed E-state index contributed by atoms with van der Waals surface area (Å²) in [4.78, 5) is 12.3. The molecule has 1 aromatic carbocycles. The zero-order valence-electron chi connectivity index (χ0n) is 14.2. The molecule has 0 saturated carbocycles. The number of carbonyl (C=O) groups excluding carboxylic acids is 1. The van der Waals surface area contributed by atoms with Gasteiger partial charge in [0.15, 0.2) is 5.12 Å². The van der Waals surface area contributed by atoms with Crippen molar-refractivity contribution in [2.24, 2.45) is 5.92 Å². The quantitative estimate of drug-likeness (QED) is 0.852. The predicted octanol–water partition coefficient (Wildman–Crippen LogP) is 3.96. The van der Waals surface area contributed by atoms with E-state index in [9.17, 15) is 9.90 Å². The van der Waals surface area contributed by atoms with Gasteiger partial charge in [-0.2, -0.15) is 0 Å². The summed E-state index contributed by atoms with van der Waals surface area (Å²) in [7, 11) is -1.55. The summed E-state index contributed by atoms with van der Waals surface area (Å²) in [5.74, 6) is -0.397. The molecule has 0 aliphatic rings. The van der Waals surface area contributed by atoms with Crippen LogP contribution in [-0.4, -0.2) is 23.0 Å². The summed E-state index contributed by atoms with van der Waals surface area (Å²) in [5, 5.41) is 12.0. The van der Waals surface area contributed by atoms with Crippen molar-refractivity contribution in [2.75, 3.05) is 0 Å². The number of rotatable bonds is 4. The number of benzene rings is 1. The van der Waals surface area contributed by atoms with Crippen LogP contribution in [0.3, 0.4) is 0 Å². The van der Waals surface area contributed by atoms with Crippen molar-refractivity contribution < 1.29 is 9.90 Å². The van der Waals surface area contributed by atoms with E-state index in [0.29, 0.717) is 0 Å². The maximum absolute atomic E-state index is 12.3. The second-order valence-electron chi connectivity index (χ2n) is 7.60. The van der Waals surface area contributed by atoms with E-state index in [-0.39, 0.29) is 9.86 Å². The molecule has 0 unspecified atom stereocenters. The molecule has 0 aliphatic carbocycles. The average molecular weight is 325 g/mol. The van der Waals surface area contributed by atoms with Crippen LogP contribution in [0.2, 0.25) is 19.6 Å². The van der Waals surface area contributed by atoms with Gasteiger partial charge in [-0.25, -0.2) is 0 Å². The third kappa shape index (κ3) is 5.27. The molecule has 2 nitrogen and oxygen atoms in total. The monoisotopic (exact) mass is 324 g/mol. The van der Waals surface area contributed by atoms with Crippen molar-refractivity contribution in [1.29, 1.82) is 0 Å². The number of aliphatic hydroxyl groups is 1. The Morgan fingerprint density at radius 3 is 2.19 bits per heavy atom. The first kappa shape index (κ1) is 18.5. The van der Waals surface area contributed by atoms with Crippen LogP contribution in [0.1, 0.15) is 39.4 Å². The Labute approximate surface area is 134 Å². The van der Waals surface area contributed by atoms with E-state index >= 15 is 0 Å². The molecule has 118 valence electrons. The molecule has 0 amide bonds. The second kappa shape index (κ2) is 6.67. The van der Waals surface area contributed by atoms with Gasteiger partial charge in [0.05, 0.1) is 20.1 Å². The van der Waals surface area contributed by atoms with Gasteiger partial charge in [-0.15, -0.1) is 0 Å². The Balaban J connectivity index is 3.04. The van der Waals surface area contributed by atoms with Gasteiger partial charge in [-0.1, -0.05) is 88.6 Å². The Bertz CT molecular complexity index is 500. The summed E-state index contributed by atoms with van der Waals surface area (Å²) in [6.07, 6.45) is -0.727. The maximum Gasteiger partial charge on any atom is 0.195 e. The molecule has 0 saturated heterocycles. The minimum atomic E-state index is -1.55. The summed E-state index contributed by atoms with van der Waals surface area (Å²) in [6.45, 7) is 14.7. The fourth-order valence-corrected chi connectivity index (χ4v) is 4.84. The van der Waals surface area contributed by atoms with Crippen molar-refractivity contribution in [1.82, 2.24) is 0 Å². The van der Waals surface area contributed by atoms with E-state index in [1.807, 2.05) is 45.9 Å². The van der Waals surface area contributed by atoms with Gasteiger partial charge in [-0.05, 0) is 5.56 Å². The smallest absolute Gasteiger partial charge is 0.195 e. The molecule has 0 fully saturated rings. The lowest BCUT2D eigenvalue weighted by atomic mass is 9.98. The molecular weight excluding hydrogens is 296 g/mol. The molecule has 0 aliphatic heterocycles. The van der Waals surface area contributed by atoms with E-state index in [1.165, 1.54) is 16.9 Å². The van der Waals surface area contributed by atoms with Gasteiger partial charge in [0.2, 0.25) is 0 Å². The maximum atomic E-state index is 12.3. The van der Waals surface area contributed by atoms with Gasteiger partial charge in [-0.3, -0.25) is 4.79 Å². The fraction of sp³-hybridized carbons (Fsp3) is 0.588. The highest BCUT2D eigenvalue weighted by Gasteiger charge is 2.31. The highest BCUT2D eigenvalue weighted by molar-refractivity contribution is 8.14. The summed E-state index contributed by atoms with van der Waals surface area (Å²) < 4.78 is -0.122. The van der Waals surface area contributed by atoms with Crippen molar-refractivity contribution in [2.45, 2.75) is 58.2 Å². The van der Waals surface area contributed by atoms with Crippen LogP contribution in [0.25, 0.3) is 0 Å². The topological polar surface area (TPSA) is 37.3 Å². The van der Waals surface area contributed by atoms with Crippen molar-refractivity contribution >= 4 is 30.1 Å². The first-order chi connectivity index (χ1) is 9.43. The average Bonchev–Trinajstić information content (AvgIpc) is 2.34. The number of carbonyl (C=O) groups is 1. The van der Waals surface area contributed by atoms with Crippen LogP contribution >= 0.6 is 11.8 Å². The Morgan fingerprint density at radius 1 is 1.19 bits per heavy atom. The van der Waals surface area contributed by atoms with Crippen LogP contribution < -0.4 is 5.19 Å². The van der Waals surface area contributed by atoms with Gasteiger partial charge < -0.3 is 5.11 Å². The lowest BCUT2D eigenvalue weighted by Crippen LogP contribution is -2.41. The summed E-state index contributed by atoms with van der Waals surface area (Å²) >= 11 is 1.31. The molecule has 0 aromatic heterocycles. The molecule has 4 heteroatoms. The minimum absolute atomic E-state index is 0.0559. The van der Waals surface area contributed by atoms with Crippen LogP contribution in [0.5, 0.6) is 0 Å². The van der Waals surface area contributed by atoms with E-state index in [0.717, 1.165) is 5.56 Å². The molecule has 1 N–H and O–H groups in total. The Hall–Kier alpha value is -0.583. The van der Waals surface area contributed by atoms with E-state index in [4.69, 9.17) is 0 Å². The highest BCUT2D eigenvalue weighted by atomic mass is 32.2. The molecule has 2 atom stereocenters. The number of hydrogen-bond acceptors (Lipinski definition) is 3. The van der Waals surface area contributed by atoms with Gasteiger partial charge in [0.25, 0.3) is 0 Å². The Morgan fingerprint density at radius 2 is 1.71 bits per heavy atom. The van der Waals surface area contributed by atoms with Crippen LogP contribution in [0.4, 0.5) is 0 Å². The molecule has 21 heavy (non-hydrogen) atoms. The van der Waals surface area contributed by atoms with Gasteiger partial charge in [0, 0.05) is 4.75 Å². The zero-order valence-corrected chi connectivity index (χ0v) is 16.0. The van der Waals surface area contributed by atoms with E-state index in [1.54, 1.807) is 0 Å². The van der Waals surface area contributed by atoms with Gasteiger partial charge >= 0.3 is 0 Å². The third-order valence-electron chi connectivity index (χ3n) is 3.34.